The van der Waals surface area contributed by atoms with Gasteiger partial charge in [0.1, 0.15) is 5.75 Å². The Morgan fingerprint density at radius 3 is 2.68 bits per heavy atom. The predicted octanol–water partition coefficient (Wildman–Crippen LogP) is 1.22. The Morgan fingerprint density at radius 2 is 2.11 bits per heavy atom. The first-order valence-electron chi connectivity index (χ1n) is 5.54. The molecular formula is C13H13N3O3. The lowest BCUT2D eigenvalue weighted by Crippen LogP contribution is -2.15. The molecule has 0 spiro atoms. The summed E-state index contributed by atoms with van der Waals surface area (Å²) < 4.78 is 5.02. The molecule has 0 aliphatic heterocycles. The van der Waals surface area contributed by atoms with Crippen LogP contribution in [0.4, 0.5) is 11.4 Å². The number of methoxy groups -OCH3 is 1. The third kappa shape index (κ3) is 2.92. The fraction of sp³-hybridized carbons (Fsp3) is 0.0769. The highest BCUT2D eigenvalue weighted by Crippen LogP contribution is 2.24. The van der Waals surface area contributed by atoms with Crippen molar-refractivity contribution in [1.29, 1.82) is 0 Å². The number of rotatable bonds is 3. The summed E-state index contributed by atoms with van der Waals surface area (Å²) in [6, 6.07) is 7.68. The second-order valence-corrected chi connectivity index (χ2v) is 3.85. The molecule has 1 heterocycles. The smallest absolute Gasteiger partial charge is 0.257 e. The molecule has 6 nitrogen and oxygen atoms in total. The van der Waals surface area contributed by atoms with Crippen molar-refractivity contribution in [3.8, 4) is 5.75 Å². The average Bonchev–Trinajstić information content (AvgIpc) is 2.41. The monoisotopic (exact) mass is 259 g/mol. The van der Waals surface area contributed by atoms with Gasteiger partial charge in [0.15, 0.2) is 0 Å². The van der Waals surface area contributed by atoms with Gasteiger partial charge in [-0.15, -0.1) is 0 Å². The highest BCUT2D eigenvalue weighted by molar-refractivity contribution is 6.05. The van der Waals surface area contributed by atoms with E-state index in [4.69, 9.17) is 10.5 Å². The lowest BCUT2D eigenvalue weighted by molar-refractivity contribution is 0.102. The summed E-state index contributed by atoms with van der Waals surface area (Å²) in [6.07, 6.45) is 1.34. The van der Waals surface area contributed by atoms with Crippen LogP contribution in [-0.4, -0.2) is 18.0 Å². The highest BCUT2D eigenvalue weighted by Gasteiger charge is 2.08. The summed E-state index contributed by atoms with van der Waals surface area (Å²) in [7, 11) is 1.54. The third-order valence-corrected chi connectivity index (χ3v) is 2.55. The van der Waals surface area contributed by atoms with Crippen molar-refractivity contribution in [3.63, 3.8) is 0 Å². The Morgan fingerprint density at radius 1 is 1.32 bits per heavy atom. The normalized spacial score (nSPS) is 9.95. The molecule has 0 saturated heterocycles. The van der Waals surface area contributed by atoms with Gasteiger partial charge < -0.3 is 20.8 Å². The summed E-state index contributed by atoms with van der Waals surface area (Å²) in [5.74, 6) is 0.257. The van der Waals surface area contributed by atoms with E-state index in [1.807, 2.05) is 0 Å². The van der Waals surface area contributed by atoms with Gasteiger partial charge in [0.05, 0.1) is 24.0 Å². The number of nitrogens with two attached hydrogens (primary N) is 1. The third-order valence-electron chi connectivity index (χ3n) is 2.55. The van der Waals surface area contributed by atoms with Crippen LogP contribution < -0.4 is 21.3 Å². The Bertz CT molecular complexity index is 644. The highest BCUT2D eigenvalue weighted by atomic mass is 16.5. The number of benzene rings is 1. The number of hydrogen-bond acceptors (Lipinski definition) is 4. The van der Waals surface area contributed by atoms with Gasteiger partial charge in [0, 0.05) is 18.3 Å². The molecule has 0 unspecified atom stereocenters. The van der Waals surface area contributed by atoms with Gasteiger partial charge in [-0.3, -0.25) is 9.59 Å². The van der Waals surface area contributed by atoms with Crippen LogP contribution in [0.15, 0.2) is 41.3 Å². The predicted molar refractivity (Wildman–Crippen MR) is 72.4 cm³/mol. The number of pyridine rings is 1. The molecule has 0 fully saturated rings. The van der Waals surface area contributed by atoms with Crippen molar-refractivity contribution >= 4 is 17.3 Å². The van der Waals surface area contributed by atoms with Crippen molar-refractivity contribution in [3.05, 3.63) is 52.4 Å². The summed E-state index contributed by atoms with van der Waals surface area (Å²) in [5, 5.41) is 2.66. The Balaban J connectivity index is 2.19. The quantitative estimate of drug-likeness (QED) is 0.722. The number of aromatic amines is 1. The number of carbonyl (C=O) groups excluding carboxylic acids is 1. The first-order chi connectivity index (χ1) is 9.10. The molecule has 1 aromatic carbocycles. The molecule has 98 valence electrons. The van der Waals surface area contributed by atoms with Gasteiger partial charge in [0.25, 0.3) is 5.91 Å². The van der Waals surface area contributed by atoms with Crippen molar-refractivity contribution in [2.75, 3.05) is 18.2 Å². The fourth-order valence-electron chi connectivity index (χ4n) is 1.53. The van der Waals surface area contributed by atoms with E-state index in [1.165, 1.54) is 25.4 Å². The number of H-pyrrole nitrogens is 1. The van der Waals surface area contributed by atoms with E-state index in [0.717, 1.165) is 0 Å². The molecule has 0 saturated carbocycles. The van der Waals surface area contributed by atoms with Gasteiger partial charge in [-0.05, 0) is 18.2 Å². The molecule has 1 amide bonds. The van der Waals surface area contributed by atoms with E-state index >= 15 is 0 Å². The number of amides is 1. The molecule has 1 aromatic heterocycles. The molecular weight excluding hydrogens is 246 g/mol. The van der Waals surface area contributed by atoms with Crippen LogP contribution in [0.5, 0.6) is 5.75 Å². The molecule has 19 heavy (non-hydrogen) atoms. The van der Waals surface area contributed by atoms with Crippen molar-refractivity contribution in [1.82, 2.24) is 4.98 Å². The number of hydrogen-bond donors (Lipinski definition) is 3. The molecule has 0 bridgehead atoms. The van der Waals surface area contributed by atoms with Crippen molar-refractivity contribution in [2.45, 2.75) is 0 Å². The average molecular weight is 259 g/mol. The van der Waals surface area contributed by atoms with Gasteiger partial charge >= 0.3 is 0 Å². The molecule has 2 aromatic rings. The summed E-state index contributed by atoms with van der Waals surface area (Å²) >= 11 is 0. The number of carbonyl (C=O) groups is 1. The molecule has 0 aliphatic rings. The minimum atomic E-state index is -0.354. The van der Waals surface area contributed by atoms with Gasteiger partial charge in [0.2, 0.25) is 5.56 Å². The van der Waals surface area contributed by atoms with Crippen LogP contribution in [0.2, 0.25) is 0 Å². The van der Waals surface area contributed by atoms with E-state index in [0.29, 0.717) is 22.7 Å². The van der Waals surface area contributed by atoms with Crippen LogP contribution in [-0.2, 0) is 0 Å². The second-order valence-electron chi connectivity index (χ2n) is 3.85. The first kappa shape index (κ1) is 12.7. The Kier molecular flexibility index (Phi) is 3.51. The van der Waals surface area contributed by atoms with E-state index < -0.39 is 0 Å². The zero-order valence-electron chi connectivity index (χ0n) is 10.3. The van der Waals surface area contributed by atoms with E-state index in [-0.39, 0.29) is 11.5 Å². The molecule has 6 heteroatoms. The fourth-order valence-corrected chi connectivity index (χ4v) is 1.53. The second kappa shape index (κ2) is 5.26. The summed E-state index contributed by atoms with van der Waals surface area (Å²) in [5.41, 5.74) is 6.76. The van der Waals surface area contributed by atoms with Gasteiger partial charge in [-0.25, -0.2) is 0 Å². The molecule has 0 radical (unpaired) electrons. The topological polar surface area (TPSA) is 97.2 Å². The van der Waals surface area contributed by atoms with Crippen LogP contribution >= 0.6 is 0 Å². The Hall–Kier alpha value is -2.76. The molecule has 4 N–H and O–H groups in total. The van der Waals surface area contributed by atoms with Crippen LogP contribution in [0.3, 0.4) is 0 Å². The van der Waals surface area contributed by atoms with E-state index in [1.54, 1.807) is 18.2 Å². The summed E-state index contributed by atoms with van der Waals surface area (Å²) in [6.45, 7) is 0. The van der Waals surface area contributed by atoms with Gasteiger partial charge in [-0.2, -0.15) is 0 Å². The van der Waals surface area contributed by atoms with E-state index in [9.17, 15) is 9.59 Å². The number of ether oxygens (including phenoxy) is 1. The maximum Gasteiger partial charge on any atom is 0.257 e. The van der Waals surface area contributed by atoms with Crippen LogP contribution in [0.25, 0.3) is 0 Å². The standard InChI is InChI=1S/C13H13N3O3/c1-19-9-3-4-11(10(14)6-9)16-13(18)8-2-5-12(17)15-7-8/h2-7H,14H2,1H3,(H,15,17)(H,16,18). The first-order valence-corrected chi connectivity index (χ1v) is 5.54. The van der Waals surface area contributed by atoms with Crippen LogP contribution in [0.1, 0.15) is 10.4 Å². The molecule has 0 aliphatic carbocycles. The van der Waals surface area contributed by atoms with Crippen molar-refractivity contribution in [2.24, 2.45) is 0 Å². The van der Waals surface area contributed by atoms with Crippen LogP contribution in [0, 0.1) is 0 Å². The van der Waals surface area contributed by atoms with Gasteiger partial charge in [-0.1, -0.05) is 0 Å². The zero-order chi connectivity index (χ0) is 13.8. The van der Waals surface area contributed by atoms with Crippen molar-refractivity contribution < 1.29 is 9.53 Å². The molecule has 2 rings (SSSR count). The minimum Gasteiger partial charge on any atom is -0.497 e. The number of nitrogen functional groups attached to an aromatic ring is 1. The number of nitrogens with one attached hydrogen (secondary N) is 2. The molecule has 0 atom stereocenters. The summed E-state index contributed by atoms with van der Waals surface area (Å²) in [4.78, 5) is 25.2. The zero-order valence-corrected chi connectivity index (χ0v) is 10.3. The Labute approximate surface area is 109 Å². The lowest BCUT2D eigenvalue weighted by atomic mass is 10.2. The minimum absolute atomic E-state index is 0.263. The van der Waals surface area contributed by atoms with E-state index in [2.05, 4.69) is 10.3 Å². The SMILES string of the molecule is COc1ccc(NC(=O)c2ccc(=O)[nH]c2)c(N)c1. The largest absolute Gasteiger partial charge is 0.497 e. The maximum absolute atomic E-state index is 11.9. The number of anilines is 2. The maximum atomic E-state index is 11.9. The number of aromatic nitrogens is 1. The lowest BCUT2D eigenvalue weighted by Gasteiger charge is -2.09.